The number of nitrogens with zero attached hydrogens (tertiary/aromatic N) is 1. The molecule has 1 aromatic heterocycles. The Bertz CT molecular complexity index is 833. The van der Waals surface area contributed by atoms with Gasteiger partial charge in [-0.15, -0.1) is 0 Å². The number of carboxylic acid groups (broad SMARTS) is 2. The summed E-state index contributed by atoms with van der Waals surface area (Å²) in [5.74, 6) is -4.32. The topological polar surface area (TPSA) is 157 Å². The van der Waals surface area contributed by atoms with Crippen molar-refractivity contribution in [2.75, 3.05) is 5.32 Å². The Labute approximate surface area is 134 Å². The van der Waals surface area contributed by atoms with Crippen LogP contribution in [0.4, 0.5) is 5.82 Å². The molecule has 1 amide bonds. The van der Waals surface area contributed by atoms with Gasteiger partial charge in [-0.2, -0.15) is 0 Å². The Morgan fingerprint density at radius 2 is 1.75 bits per heavy atom. The van der Waals surface area contributed by atoms with Crippen LogP contribution in [-0.2, 0) is 11.2 Å². The van der Waals surface area contributed by atoms with Crippen molar-refractivity contribution in [3.63, 3.8) is 0 Å². The van der Waals surface area contributed by atoms with E-state index >= 15 is 0 Å². The van der Waals surface area contributed by atoms with Gasteiger partial charge in [0.1, 0.15) is 17.3 Å². The standard InChI is InChI=1S/C15H12N2O7/c18-10-6-9(11(19)3-8(10)5-13(20)21)14(22)17-12-4-7(15(23)24)1-2-16-12/h1-4,6,18-19H,5H2,(H,20,21)(H,23,24)(H,16,17,22). The Kier molecular flexibility index (Phi) is 4.64. The quantitative estimate of drug-likeness (QED) is 0.509. The number of benzene rings is 1. The van der Waals surface area contributed by atoms with Gasteiger partial charge in [0.15, 0.2) is 0 Å². The normalized spacial score (nSPS) is 10.2. The lowest BCUT2D eigenvalue weighted by Crippen LogP contribution is -2.14. The highest BCUT2D eigenvalue weighted by molar-refractivity contribution is 6.06. The second-order valence-corrected chi connectivity index (χ2v) is 4.76. The molecule has 0 fully saturated rings. The number of aromatic hydroxyl groups is 2. The number of phenolic OH excluding ortho intramolecular Hbond substituents is 2. The van der Waals surface area contributed by atoms with E-state index in [1.807, 2.05) is 0 Å². The third-order valence-corrected chi connectivity index (χ3v) is 3.03. The van der Waals surface area contributed by atoms with E-state index in [9.17, 15) is 24.6 Å². The van der Waals surface area contributed by atoms with Gasteiger partial charge in [0.25, 0.3) is 5.91 Å². The number of hydrogen-bond acceptors (Lipinski definition) is 6. The SMILES string of the molecule is O=C(O)Cc1cc(O)c(C(=O)Nc2cc(C(=O)O)ccn2)cc1O. The van der Waals surface area contributed by atoms with E-state index in [1.165, 1.54) is 12.3 Å². The maximum absolute atomic E-state index is 12.1. The lowest BCUT2D eigenvalue weighted by molar-refractivity contribution is -0.136. The zero-order chi connectivity index (χ0) is 17.9. The molecule has 0 unspecified atom stereocenters. The summed E-state index contributed by atoms with van der Waals surface area (Å²) in [6.07, 6.45) is 0.663. The number of carboxylic acids is 2. The lowest BCUT2D eigenvalue weighted by atomic mass is 10.1. The zero-order valence-electron chi connectivity index (χ0n) is 12.1. The molecule has 24 heavy (non-hydrogen) atoms. The van der Waals surface area contributed by atoms with Crippen LogP contribution >= 0.6 is 0 Å². The summed E-state index contributed by atoms with van der Waals surface area (Å²) in [5, 5.41) is 39.5. The molecular weight excluding hydrogens is 320 g/mol. The first kappa shape index (κ1) is 16.7. The van der Waals surface area contributed by atoms with Crippen LogP contribution in [0, 0.1) is 0 Å². The minimum atomic E-state index is -1.21. The van der Waals surface area contributed by atoms with Gasteiger partial charge in [0.05, 0.1) is 17.5 Å². The zero-order valence-corrected chi connectivity index (χ0v) is 12.1. The molecule has 0 saturated carbocycles. The van der Waals surface area contributed by atoms with E-state index in [1.54, 1.807) is 0 Å². The van der Waals surface area contributed by atoms with E-state index in [-0.39, 0.29) is 22.5 Å². The second kappa shape index (κ2) is 6.65. The molecule has 1 heterocycles. The average Bonchev–Trinajstić information content (AvgIpc) is 2.50. The number of phenols is 2. The molecule has 5 N–H and O–H groups in total. The molecule has 1 aromatic carbocycles. The fourth-order valence-electron chi connectivity index (χ4n) is 1.92. The van der Waals surface area contributed by atoms with Gasteiger partial charge < -0.3 is 25.7 Å². The van der Waals surface area contributed by atoms with Gasteiger partial charge in [0.2, 0.25) is 0 Å². The molecule has 9 heteroatoms. The highest BCUT2D eigenvalue weighted by Gasteiger charge is 2.17. The number of aromatic carboxylic acids is 1. The molecule has 0 radical (unpaired) electrons. The van der Waals surface area contributed by atoms with E-state index in [0.29, 0.717) is 0 Å². The molecule has 0 aliphatic carbocycles. The fraction of sp³-hybridized carbons (Fsp3) is 0.0667. The molecule has 0 saturated heterocycles. The summed E-state index contributed by atoms with van der Waals surface area (Å²) >= 11 is 0. The molecule has 0 atom stereocenters. The fourth-order valence-corrected chi connectivity index (χ4v) is 1.92. The Morgan fingerprint density at radius 1 is 1.04 bits per heavy atom. The molecule has 0 aliphatic heterocycles. The summed E-state index contributed by atoms with van der Waals surface area (Å²) in [6.45, 7) is 0. The van der Waals surface area contributed by atoms with Gasteiger partial charge in [0, 0.05) is 11.8 Å². The number of amides is 1. The van der Waals surface area contributed by atoms with Crippen molar-refractivity contribution in [1.29, 1.82) is 0 Å². The first-order chi connectivity index (χ1) is 11.3. The third-order valence-electron chi connectivity index (χ3n) is 3.03. The monoisotopic (exact) mass is 332 g/mol. The molecule has 2 rings (SSSR count). The summed E-state index contributed by atoms with van der Waals surface area (Å²) in [4.78, 5) is 37.4. The van der Waals surface area contributed by atoms with Crippen molar-refractivity contribution in [2.24, 2.45) is 0 Å². The van der Waals surface area contributed by atoms with Crippen LogP contribution in [0.2, 0.25) is 0 Å². The molecule has 2 aromatic rings. The van der Waals surface area contributed by atoms with Gasteiger partial charge in [-0.25, -0.2) is 9.78 Å². The molecule has 0 bridgehead atoms. The van der Waals surface area contributed by atoms with Gasteiger partial charge in [-0.3, -0.25) is 9.59 Å². The number of pyridine rings is 1. The molecule has 124 valence electrons. The maximum atomic E-state index is 12.1. The summed E-state index contributed by atoms with van der Waals surface area (Å²) in [6, 6.07) is 4.25. The van der Waals surface area contributed by atoms with Crippen LogP contribution in [-0.4, -0.2) is 43.3 Å². The van der Waals surface area contributed by atoms with Crippen molar-refractivity contribution in [3.8, 4) is 11.5 Å². The van der Waals surface area contributed by atoms with E-state index < -0.39 is 35.8 Å². The van der Waals surface area contributed by atoms with Crippen molar-refractivity contribution in [3.05, 3.63) is 47.2 Å². The number of carbonyl (C=O) groups is 3. The van der Waals surface area contributed by atoms with Crippen molar-refractivity contribution < 1.29 is 34.8 Å². The van der Waals surface area contributed by atoms with E-state index in [2.05, 4.69) is 10.3 Å². The Morgan fingerprint density at radius 3 is 2.38 bits per heavy atom. The number of aliphatic carboxylic acids is 1. The molecular formula is C15H12N2O7. The second-order valence-electron chi connectivity index (χ2n) is 4.76. The van der Waals surface area contributed by atoms with Crippen molar-refractivity contribution in [2.45, 2.75) is 6.42 Å². The minimum Gasteiger partial charge on any atom is -0.508 e. The Balaban J connectivity index is 2.27. The summed E-state index contributed by atoms with van der Waals surface area (Å²) in [5.41, 5.74) is -0.462. The predicted molar refractivity (Wildman–Crippen MR) is 80.3 cm³/mol. The first-order valence-electron chi connectivity index (χ1n) is 6.55. The molecule has 0 spiro atoms. The maximum Gasteiger partial charge on any atom is 0.335 e. The molecule has 9 nitrogen and oxygen atoms in total. The summed E-state index contributed by atoms with van der Waals surface area (Å²) in [7, 11) is 0. The van der Waals surface area contributed by atoms with Gasteiger partial charge >= 0.3 is 11.9 Å². The smallest absolute Gasteiger partial charge is 0.335 e. The third kappa shape index (κ3) is 3.77. The summed E-state index contributed by atoms with van der Waals surface area (Å²) < 4.78 is 0. The number of carbonyl (C=O) groups excluding carboxylic acids is 1. The largest absolute Gasteiger partial charge is 0.508 e. The predicted octanol–water partition coefficient (Wildman–Crippen LogP) is 1.07. The van der Waals surface area contributed by atoms with Gasteiger partial charge in [-0.1, -0.05) is 0 Å². The van der Waals surface area contributed by atoms with Crippen molar-refractivity contribution >= 4 is 23.7 Å². The van der Waals surface area contributed by atoms with Crippen LogP contribution in [0.15, 0.2) is 30.5 Å². The van der Waals surface area contributed by atoms with E-state index in [0.717, 1.165) is 18.2 Å². The van der Waals surface area contributed by atoms with Crippen LogP contribution in [0.1, 0.15) is 26.3 Å². The number of nitrogens with one attached hydrogen (secondary N) is 1. The number of hydrogen-bond donors (Lipinski definition) is 5. The number of anilines is 1. The van der Waals surface area contributed by atoms with Gasteiger partial charge in [-0.05, 0) is 24.3 Å². The van der Waals surface area contributed by atoms with E-state index in [4.69, 9.17) is 10.2 Å². The van der Waals surface area contributed by atoms with Crippen LogP contribution in [0.3, 0.4) is 0 Å². The van der Waals surface area contributed by atoms with Crippen LogP contribution < -0.4 is 5.32 Å². The number of aromatic nitrogens is 1. The highest BCUT2D eigenvalue weighted by atomic mass is 16.4. The number of rotatable bonds is 5. The van der Waals surface area contributed by atoms with Crippen molar-refractivity contribution in [1.82, 2.24) is 4.98 Å². The Hall–Kier alpha value is -3.62. The molecule has 0 aliphatic rings. The van der Waals surface area contributed by atoms with Crippen LogP contribution in [0.5, 0.6) is 11.5 Å². The highest BCUT2D eigenvalue weighted by Crippen LogP contribution is 2.28. The minimum absolute atomic E-state index is 0.0532. The van der Waals surface area contributed by atoms with Crippen LogP contribution in [0.25, 0.3) is 0 Å². The lowest BCUT2D eigenvalue weighted by Gasteiger charge is -2.09. The average molecular weight is 332 g/mol. The first-order valence-corrected chi connectivity index (χ1v) is 6.55.